The highest BCUT2D eigenvalue weighted by Crippen LogP contribution is 2.36. The highest BCUT2D eigenvalue weighted by atomic mass is 16.6. The van der Waals surface area contributed by atoms with Gasteiger partial charge in [-0.15, -0.1) is 0 Å². The summed E-state index contributed by atoms with van der Waals surface area (Å²) in [5.41, 5.74) is 2.59. The molecule has 7 heteroatoms. The lowest BCUT2D eigenvalue weighted by Crippen LogP contribution is -2.41. The van der Waals surface area contributed by atoms with E-state index in [0.29, 0.717) is 32.8 Å². The molecule has 2 aliphatic rings. The molecule has 0 unspecified atom stereocenters. The summed E-state index contributed by atoms with van der Waals surface area (Å²) >= 11 is 0. The van der Waals surface area contributed by atoms with Crippen molar-refractivity contribution in [3.05, 3.63) is 23.3 Å². The number of ether oxygens (including phenoxy) is 3. The second-order valence-corrected chi connectivity index (χ2v) is 8.50. The first-order valence-electron chi connectivity index (χ1n) is 10.4. The maximum absolute atomic E-state index is 12.5. The summed E-state index contributed by atoms with van der Waals surface area (Å²) in [4.78, 5) is 28.4. The SMILES string of the molecule is CCCOCCN1C(=O)COc2cc3c(cc21)CCN(C(=O)OC(C)(C)C)CC3. The van der Waals surface area contributed by atoms with Gasteiger partial charge in [0.25, 0.3) is 5.91 Å². The van der Waals surface area contributed by atoms with E-state index in [2.05, 4.69) is 6.92 Å². The predicted octanol–water partition coefficient (Wildman–Crippen LogP) is 3.17. The maximum Gasteiger partial charge on any atom is 0.410 e. The van der Waals surface area contributed by atoms with Crippen molar-refractivity contribution in [1.29, 1.82) is 0 Å². The van der Waals surface area contributed by atoms with E-state index in [-0.39, 0.29) is 18.6 Å². The largest absolute Gasteiger partial charge is 0.482 e. The van der Waals surface area contributed by atoms with Crippen LogP contribution in [0.2, 0.25) is 0 Å². The molecule has 0 aliphatic carbocycles. The van der Waals surface area contributed by atoms with Crippen molar-refractivity contribution in [1.82, 2.24) is 4.90 Å². The molecule has 0 fully saturated rings. The van der Waals surface area contributed by atoms with Gasteiger partial charge in [0.05, 0.1) is 12.3 Å². The summed E-state index contributed by atoms with van der Waals surface area (Å²) < 4.78 is 16.8. The van der Waals surface area contributed by atoms with Crippen LogP contribution in [-0.4, -0.2) is 62.0 Å². The van der Waals surface area contributed by atoms with Gasteiger partial charge in [-0.25, -0.2) is 4.79 Å². The molecule has 0 saturated carbocycles. The minimum atomic E-state index is -0.510. The molecule has 0 saturated heterocycles. The average molecular weight is 405 g/mol. The zero-order chi connectivity index (χ0) is 21.0. The topological polar surface area (TPSA) is 68.3 Å². The molecule has 2 heterocycles. The Labute approximate surface area is 172 Å². The van der Waals surface area contributed by atoms with Crippen molar-refractivity contribution < 1.29 is 23.8 Å². The molecular formula is C22H32N2O5. The summed E-state index contributed by atoms with van der Waals surface area (Å²) in [6, 6.07) is 4.07. The lowest BCUT2D eigenvalue weighted by atomic mass is 10.0. The number of amides is 2. The Morgan fingerprint density at radius 2 is 1.83 bits per heavy atom. The van der Waals surface area contributed by atoms with Crippen LogP contribution in [0.3, 0.4) is 0 Å². The van der Waals surface area contributed by atoms with Crippen molar-refractivity contribution in [3.8, 4) is 5.75 Å². The van der Waals surface area contributed by atoms with Gasteiger partial charge in [-0.1, -0.05) is 6.92 Å². The van der Waals surface area contributed by atoms with Crippen molar-refractivity contribution in [2.75, 3.05) is 44.4 Å². The summed E-state index contributed by atoms with van der Waals surface area (Å²) in [6.07, 6.45) is 2.13. The van der Waals surface area contributed by atoms with Crippen molar-refractivity contribution in [2.45, 2.75) is 52.6 Å². The molecule has 0 radical (unpaired) electrons. The van der Waals surface area contributed by atoms with Gasteiger partial charge in [0.15, 0.2) is 6.61 Å². The molecule has 3 rings (SSSR count). The Morgan fingerprint density at radius 1 is 1.14 bits per heavy atom. The fourth-order valence-electron chi connectivity index (χ4n) is 3.58. The predicted molar refractivity (Wildman–Crippen MR) is 111 cm³/mol. The van der Waals surface area contributed by atoms with Crippen LogP contribution in [0, 0.1) is 0 Å². The molecule has 0 atom stereocenters. The number of carbonyl (C=O) groups is 2. The molecule has 2 aliphatic heterocycles. The van der Waals surface area contributed by atoms with E-state index in [1.165, 1.54) is 0 Å². The maximum atomic E-state index is 12.5. The zero-order valence-electron chi connectivity index (χ0n) is 18.0. The third kappa shape index (κ3) is 5.41. The number of fused-ring (bicyclic) bond motifs is 2. The fourth-order valence-corrected chi connectivity index (χ4v) is 3.58. The van der Waals surface area contributed by atoms with E-state index in [1.54, 1.807) is 9.80 Å². The highest BCUT2D eigenvalue weighted by Gasteiger charge is 2.29. The second-order valence-electron chi connectivity index (χ2n) is 8.50. The summed E-state index contributed by atoms with van der Waals surface area (Å²) in [5.74, 6) is 0.672. The van der Waals surface area contributed by atoms with E-state index in [9.17, 15) is 9.59 Å². The van der Waals surface area contributed by atoms with Gasteiger partial charge in [-0.05, 0) is 63.3 Å². The molecule has 1 aromatic carbocycles. The van der Waals surface area contributed by atoms with E-state index in [0.717, 1.165) is 41.8 Å². The van der Waals surface area contributed by atoms with Gasteiger partial charge in [-0.3, -0.25) is 4.79 Å². The normalized spacial score (nSPS) is 16.6. The van der Waals surface area contributed by atoms with E-state index in [1.807, 2.05) is 32.9 Å². The van der Waals surface area contributed by atoms with E-state index >= 15 is 0 Å². The molecule has 0 bridgehead atoms. The zero-order valence-corrected chi connectivity index (χ0v) is 18.0. The highest BCUT2D eigenvalue weighted by molar-refractivity contribution is 5.98. The number of anilines is 1. The first-order valence-corrected chi connectivity index (χ1v) is 10.4. The molecule has 29 heavy (non-hydrogen) atoms. The number of nitrogens with zero attached hydrogens (tertiary/aromatic N) is 2. The van der Waals surface area contributed by atoms with E-state index < -0.39 is 5.60 Å². The van der Waals surface area contributed by atoms with Crippen molar-refractivity contribution in [3.63, 3.8) is 0 Å². The van der Waals surface area contributed by atoms with Crippen LogP contribution in [0.15, 0.2) is 12.1 Å². The summed E-state index contributed by atoms with van der Waals surface area (Å²) in [7, 11) is 0. The number of rotatable bonds is 5. The van der Waals surface area contributed by atoms with Crippen LogP contribution in [0.25, 0.3) is 0 Å². The van der Waals surface area contributed by atoms with Crippen LogP contribution in [0.1, 0.15) is 45.2 Å². The monoisotopic (exact) mass is 404 g/mol. The quantitative estimate of drug-likeness (QED) is 0.705. The van der Waals surface area contributed by atoms with Crippen LogP contribution < -0.4 is 9.64 Å². The molecule has 0 N–H and O–H groups in total. The minimum absolute atomic E-state index is 0.0452. The van der Waals surface area contributed by atoms with Crippen LogP contribution in [0.4, 0.5) is 10.5 Å². The molecular weight excluding hydrogens is 372 g/mol. The van der Waals surface area contributed by atoms with Crippen LogP contribution in [-0.2, 0) is 27.1 Å². The van der Waals surface area contributed by atoms with E-state index in [4.69, 9.17) is 14.2 Å². The van der Waals surface area contributed by atoms with Crippen molar-refractivity contribution in [2.24, 2.45) is 0 Å². The number of benzene rings is 1. The van der Waals surface area contributed by atoms with Crippen LogP contribution >= 0.6 is 0 Å². The van der Waals surface area contributed by atoms with Crippen molar-refractivity contribution >= 4 is 17.7 Å². The Kier molecular flexibility index (Phi) is 6.67. The number of hydrogen-bond donors (Lipinski definition) is 0. The van der Waals surface area contributed by atoms with Gasteiger partial charge in [0.1, 0.15) is 11.4 Å². The first-order chi connectivity index (χ1) is 13.8. The van der Waals surface area contributed by atoms with Gasteiger partial charge in [0, 0.05) is 26.2 Å². The second kappa shape index (κ2) is 9.03. The van der Waals surface area contributed by atoms with Crippen LogP contribution in [0.5, 0.6) is 5.75 Å². The molecule has 1 aromatic rings. The Bertz CT molecular complexity index is 756. The minimum Gasteiger partial charge on any atom is -0.482 e. The first kappa shape index (κ1) is 21.4. The third-order valence-electron chi connectivity index (χ3n) is 4.99. The van der Waals surface area contributed by atoms with Gasteiger partial charge in [0.2, 0.25) is 0 Å². The Morgan fingerprint density at radius 3 is 2.48 bits per heavy atom. The number of carbonyl (C=O) groups excluding carboxylic acids is 2. The summed E-state index contributed by atoms with van der Waals surface area (Å²) in [6.45, 7) is 10.6. The van der Waals surface area contributed by atoms with Gasteiger partial charge >= 0.3 is 6.09 Å². The molecule has 2 amide bonds. The smallest absolute Gasteiger partial charge is 0.410 e. The molecule has 7 nitrogen and oxygen atoms in total. The Hall–Kier alpha value is -2.28. The lowest BCUT2D eigenvalue weighted by molar-refractivity contribution is -0.121. The fraction of sp³-hybridized carbons (Fsp3) is 0.636. The standard InChI is InChI=1S/C22H32N2O5/c1-5-11-27-12-10-24-18-13-16-6-8-23(21(26)29-22(2,3)4)9-7-17(16)14-19(18)28-15-20(24)25/h13-14H,5-12,15H2,1-4H3. The molecule has 0 aromatic heterocycles. The molecule has 0 spiro atoms. The lowest BCUT2D eigenvalue weighted by Gasteiger charge is -2.30. The molecule has 160 valence electrons. The summed E-state index contributed by atoms with van der Waals surface area (Å²) in [5, 5.41) is 0. The average Bonchev–Trinajstić information content (AvgIpc) is 2.86. The third-order valence-corrected chi connectivity index (χ3v) is 4.99. The van der Waals surface area contributed by atoms with Gasteiger partial charge < -0.3 is 24.0 Å². The Balaban J connectivity index is 1.74. The number of hydrogen-bond acceptors (Lipinski definition) is 5. The van der Waals surface area contributed by atoms with Gasteiger partial charge in [-0.2, -0.15) is 0 Å².